The van der Waals surface area contributed by atoms with E-state index in [0.717, 1.165) is 17.0 Å². The molecule has 4 nitrogen and oxygen atoms in total. The van der Waals surface area contributed by atoms with Crippen molar-refractivity contribution in [1.82, 2.24) is 14.8 Å². The Hall–Kier alpha value is -1.58. The summed E-state index contributed by atoms with van der Waals surface area (Å²) in [6.45, 7) is 1.96. The van der Waals surface area contributed by atoms with Crippen LogP contribution in [-0.4, -0.2) is 28.9 Å². The molecule has 0 aliphatic heterocycles. The predicted molar refractivity (Wildman–Crippen MR) is 52.1 cm³/mol. The van der Waals surface area contributed by atoms with Gasteiger partial charge in [0.15, 0.2) is 0 Å². The number of anilines is 1. The van der Waals surface area contributed by atoms with Crippen LogP contribution in [0.15, 0.2) is 18.2 Å². The van der Waals surface area contributed by atoms with Gasteiger partial charge in [0.25, 0.3) is 0 Å². The second-order valence-corrected chi connectivity index (χ2v) is 3.25. The SMILES string of the molecule is Cc1nnn2c(N(C)C)cccc12. The average molecular weight is 176 g/mol. The van der Waals surface area contributed by atoms with Crippen LogP contribution in [0.3, 0.4) is 0 Å². The zero-order valence-electron chi connectivity index (χ0n) is 8.02. The van der Waals surface area contributed by atoms with Crippen LogP contribution in [0, 0.1) is 6.92 Å². The lowest BCUT2D eigenvalue weighted by Crippen LogP contribution is -2.13. The standard InChI is InChI=1S/C9H12N4/c1-7-8-5-4-6-9(12(2)3)13(8)11-10-7/h4-6H,1-3H3. The molecule has 0 radical (unpaired) electrons. The van der Waals surface area contributed by atoms with E-state index < -0.39 is 0 Å². The van der Waals surface area contributed by atoms with Crippen LogP contribution in [0.4, 0.5) is 5.82 Å². The van der Waals surface area contributed by atoms with Gasteiger partial charge in [-0.25, -0.2) is 0 Å². The van der Waals surface area contributed by atoms with E-state index in [1.165, 1.54) is 0 Å². The molecule has 0 amide bonds. The molecule has 2 aromatic rings. The van der Waals surface area contributed by atoms with Crippen molar-refractivity contribution in [2.75, 3.05) is 19.0 Å². The third-order valence-corrected chi connectivity index (χ3v) is 2.06. The van der Waals surface area contributed by atoms with E-state index in [-0.39, 0.29) is 0 Å². The smallest absolute Gasteiger partial charge is 0.132 e. The number of hydrogen-bond acceptors (Lipinski definition) is 3. The highest BCUT2D eigenvalue weighted by Crippen LogP contribution is 2.14. The Morgan fingerprint density at radius 1 is 1.31 bits per heavy atom. The summed E-state index contributed by atoms with van der Waals surface area (Å²) < 4.78 is 1.84. The highest BCUT2D eigenvalue weighted by molar-refractivity contribution is 5.56. The van der Waals surface area contributed by atoms with Gasteiger partial charge in [0.2, 0.25) is 0 Å². The van der Waals surface area contributed by atoms with E-state index in [1.54, 1.807) is 0 Å². The summed E-state index contributed by atoms with van der Waals surface area (Å²) in [5, 5.41) is 8.09. The van der Waals surface area contributed by atoms with Crippen molar-refractivity contribution < 1.29 is 0 Å². The van der Waals surface area contributed by atoms with E-state index in [9.17, 15) is 0 Å². The molecule has 0 spiro atoms. The van der Waals surface area contributed by atoms with E-state index in [1.807, 2.05) is 48.6 Å². The van der Waals surface area contributed by atoms with Gasteiger partial charge in [0.1, 0.15) is 5.82 Å². The van der Waals surface area contributed by atoms with Gasteiger partial charge in [-0.05, 0) is 19.1 Å². The van der Waals surface area contributed by atoms with Crippen LogP contribution >= 0.6 is 0 Å². The van der Waals surface area contributed by atoms with Crippen LogP contribution in [0.1, 0.15) is 5.69 Å². The van der Waals surface area contributed by atoms with Crippen LogP contribution in [0.2, 0.25) is 0 Å². The van der Waals surface area contributed by atoms with Gasteiger partial charge in [0.05, 0.1) is 11.2 Å². The maximum Gasteiger partial charge on any atom is 0.132 e. The summed E-state index contributed by atoms with van der Waals surface area (Å²) in [6.07, 6.45) is 0. The predicted octanol–water partition coefficient (Wildman–Crippen LogP) is 1.10. The van der Waals surface area contributed by atoms with E-state index in [0.29, 0.717) is 0 Å². The van der Waals surface area contributed by atoms with E-state index >= 15 is 0 Å². The number of pyridine rings is 1. The average Bonchev–Trinajstić information content (AvgIpc) is 2.48. The molecular formula is C9H12N4. The molecule has 0 saturated carbocycles. The molecule has 2 rings (SSSR count). The quantitative estimate of drug-likeness (QED) is 0.652. The molecule has 0 atom stereocenters. The zero-order chi connectivity index (χ0) is 9.42. The Morgan fingerprint density at radius 2 is 2.08 bits per heavy atom. The normalized spacial score (nSPS) is 10.7. The first kappa shape index (κ1) is 8.04. The van der Waals surface area contributed by atoms with Crippen LogP contribution < -0.4 is 4.90 Å². The second kappa shape index (κ2) is 2.73. The fourth-order valence-corrected chi connectivity index (χ4v) is 1.36. The largest absolute Gasteiger partial charge is 0.363 e. The molecule has 0 aromatic carbocycles. The topological polar surface area (TPSA) is 33.4 Å². The van der Waals surface area contributed by atoms with Gasteiger partial charge >= 0.3 is 0 Å². The Bertz CT molecular complexity index is 430. The minimum Gasteiger partial charge on any atom is -0.363 e. The molecule has 2 heterocycles. The molecule has 2 aromatic heterocycles. The molecule has 0 N–H and O–H groups in total. The molecule has 0 aliphatic carbocycles. The lowest BCUT2D eigenvalue weighted by Gasteiger charge is -2.12. The van der Waals surface area contributed by atoms with Crippen molar-refractivity contribution in [3.8, 4) is 0 Å². The van der Waals surface area contributed by atoms with Crippen molar-refractivity contribution in [1.29, 1.82) is 0 Å². The molecule has 0 saturated heterocycles. The van der Waals surface area contributed by atoms with Gasteiger partial charge in [-0.15, -0.1) is 5.10 Å². The fourth-order valence-electron chi connectivity index (χ4n) is 1.36. The lowest BCUT2D eigenvalue weighted by molar-refractivity contribution is 0.831. The number of aryl methyl sites for hydroxylation is 1. The van der Waals surface area contributed by atoms with Crippen LogP contribution in [0.25, 0.3) is 5.52 Å². The maximum atomic E-state index is 4.06. The highest BCUT2D eigenvalue weighted by Gasteiger charge is 2.05. The molecule has 0 bridgehead atoms. The van der Waals surface area contributed by atoms with Crippen molar-refractivity contribution in [3.63, 3.8) is 0 Å². The number of hydrogen-bond donors (Lipinski definition) is 0. The number of rotatable bonds is 1. The third-order valence-electron chi connectivity index (χ3n) is 2.06. The molecule has 0 unspecified atom stereocenters. The van der Waals surface area contributed by atoms with Crippen molar-refractivity contribution >= 4 is 11.3 Å². The molecule has 4 heteroatoms. The van der Waals surface area contributed by atoms with Crippen LogP contribution in [-0.2, 0) is 0 Å². The molecule has 0 aliphatic rings. The van der Waals surface area contributed by atoms with Crippen molar-refractivity contribution in [2.45, 2.75) is 6.92 Å². The lowest BCUT2D eigenvalue weighted by atomic mass is 10.3. The first-order valence-corrected chi connectivity index (χ1v) is 4.18. The zero-order valence-corrected chi connectivity index (χ0v) is 8.02. The summed E-state index contributed by atoms with van der Waals surface area (Å²) >= 11 is 0. The van der Waals surface area contributed by atoms with E-state index in [4.69, 9.17) is 0 Å². The summed E-state index contributed by atoms with van der Waals surface area (Å²) in [5.74, 6) is 1.04. The fraction of sp³-hybridized carbons (Fsp3) is 0.333. The van der Waals surface area contributed by atoms with Gasteiger partial charge in [0, 0.05) is 14.1 Å². The van der Waals surface area contributed by atoms with Crippen molar-refractivity contribution in [3.05, 3.63) is 23.9 Å². The summed E-state index contributed by atoms with van der Waals surface area (Å²) in [6, 6.07) is 6.05. The van der Waals surface area contributed by atoms with Gasteiger partial charge in [-0.1, -0.05) is 11.3 Å². The minimum atomic E-state index is 0.962. The minimum absolute atomic E-state index is 0.962. The van der Waals surface area contributed by atoms with E-state index in [2.05, 4.69) is 10.3 Å². The summed E-state index contributed by atoms with van der Waals surface area (Å²) in [5.41, 5.74) is 2.02. The molecular weight excluding hydrogens is 164 g/mol. The number of aromatic nitrogens is 3. The van der Waals surface area contributed by atoms with Gasteiger partial charge < -0.3 is 4.90 Å². The Morgan fingerprint density at radius 3 is 2.77 bits per heavy atom. The summed E-state index contributed by atoms with van der Waals surface area (Å²) in [4.78, 5) is 2.02. The molecule has 0 fully saturated rings. The number of fused-ring (bicyclic) bond motifs is 1. The maximum absolute atomic E-state index is 4.06. The van der Waals surface area contributed by atoms with Gasteiger partial charge in [-0.2, -0.15) is 4.52 Å². The second-order valence-electron chi connectivity index (χ2n) is 3.25. The Labute approximate surface area is 76.8 Å². The van der Waals surface area contributed by atoms with Crippen LogP contribution in [0.5, 0.6) is 0 Å². The number of nitrogens with zero attached hydrogens (tertiary/aromatic N) is 4. The Kier molecular flexibility index (Phi) is 1.69. The molecule has 13 heavy (non-hydrogen) atoms. The third kappa shape index (κ3) is 1.14. The molecule has 68 valence electrons. The summed E-state index contributed by atoms with van der Waals surface area (Å²) in [7, 11) is 3.98. The first-order chi connectivity index (χ1) is 6.20. The van der Waals surface area contributed by atoms with Crippen molar-refractivity contribution in [2.24, 2.45) is 0 Å². The highest BCUT2D eigenvalue weighted by atomic mass is 15.4. The van der Waals surface area contributed by atoms with Gasteiger partial charge in [-0.3, -0.25) is 0 Å². The first-order valence-electron chi connectivity index (χ1n) is 4.18. The monoisotopic (exact) mass is 176 g/mol. The Balaban J connectivity index is 2.77.